The maximum Gasteiger partial charge on any atom is 0.274 e. The molecule has 0 aliphatic carbocycles. The fraction of sp³-hybridized carbons (Fsp3) is 0.227. The molecular weight excluding hydrogens is 366 g/mol. The van der Waals surface area contributed by atoms with E-state index in [9.17, 15) is 4.79 Å². The smallest absolute Gasteiger partial charge is 0.274 e. The van der Waals surface area contributed by atoms with Gasteiger partial charge in [-0.05, 0) is 36.4 Å². The first-order valence-corrected chi connectivity index (χ1v) is 9.62. The second-order valence-electron chi connectivity index (χ2n) is 6.68. The Morgan fingerprint density at radius 3 is 2.59 bits per heavy atom. The first-order chi connectivity index (χ1) is 14.3. The van der Waals surface area contributed by atoms with Crippen LogP contribution in [0.3, 0.4) is 0 Å². The predicted molar refractivity (Wildman–Crippen MR) is 113 cm³/mol. The molecule has 1 aromatic carbocycles. The number of pyridine rings is 2. The maximum absolute atomic E-state index is 12.7. The van der Waals surface area contributed by atoms with Crippen molar-refractivity contribution in [2.24, 2.45) is 0 Å². The molecule has 2 aromatic heterocycles. The van der Waals surface area contributed by atoms with Crippen LogP contribution < -0.4 is 15.5 Å². The third kappa shape index (κ3) is 4.89. The normalized spacial score (nSPS) is 13.7. The molecule has 1 amide bonds. The highest BCUT2D eigenvalue weighted by Gasteiger charge is 2.16. The van der Waals surface area contributed by atoms with Gasteiger partial charge in [-0.25, -0.2) is 4.98 Å². The Hall–Kier alpha value is -3.45. The van der Waals surface area contributed by atoms with Crippen LogP contribution in [-0.4, -0.2) is 42.2 Å². The molecule has 0 spiro atoms. The minimum atomic E-state index is -0.234. The Balaban J connectivity index is 1.40. The Kier molecular flexibility index (Phi) is 5.97. The number of nitrogens with zero attached hydrogens (tertiary/aromatic N) is 3. The van der Waals surface area contributed by atoms with Crippen molar-refractivity contribution in [3.8, 4) is 0 Å². The van der Waals surface area contributed by atoms with Gasteiger partial charge in [-0.3, -0.25) is 9.78 Å². The molecule has 0 bridgehead atoms. The quantitative estimate of drug-likeness (QED) is 0.674. The lowest BCUT2D eigenvalue weighted by atomic mass is 10.2. The average Bonchev–Trinajstić information content (AvgIpc) is 2.80. The number of carbonyl (C=O) groups excluding carboxylic acids is 1. The molecule has 2 N–H and O–H groups in total. The monoisotopic (exact) mass is 389 g/mol. The molecule has 1 saturated heterocycles. The van der Waals surface area contributed by atoms with E-state index >= 15 is 0 Å². The van der Waals surface area contributed by atoms with Crippen LogP contribution in [0.4, 0.5) is 17.1 Å². The third-order valence-corrected chi connectivity index (χ3v) is 4.70. The topological polar surface area (TPSA) is 79.4 Å². The Bertz CT molecular complexity index is 941. The molecule has 4 rings (SSSR count). The summed E-state index contributed by atoms with van der Waals surface area (Å²) in [6.07, 6.45) is 3.42. The molecule has 3 heterocycles. The summed E-state index contributed by atoms with van der Waals surface area (Å²) in [6, 6.07) is 17.2. The summed E-state index contributed by atoms with van der Waals surface area (Å²) < 4.78 is 5.42. The molecule has 0 saturated carbocycles. The van der Waals surface area contributed by atoms with Gasteiger partial charge in [0.15, 0.2) is 0 Å². The zero-order chi connectivity index (χ0) is 19.9. The van der Waals surface area contributed by atoms with Gasteiger partial charge in [0, 0.05) is 19.3 Å². The SMILES string of the molecule is O=C(Nc1ccccc1N1CCOCC1)c1ccc(NCc2ccccn2)cn1. The van der Waals surface area contributed by atoms with Crippen LogP contribution in [0.15, 0.2) is 67.0 Å². The Labute approximate surface area is 169 Å². The molecule has 0 radical (unpaired) electrons. The number of aromatic nitrogens is 2. The highest BCUT2D eigenvalue weighted by atomic mass is 16.5. The zero-order valence-corrected chi connectivity index (χ0v) is 16.0. The first-order valence-electron chi connectivity index (χ1n) is 9.62. The highest BCUT2D eigenvalue weighted by molar-refractivity contribution is 6.04. The summed E-state index contributed by atoms with van der Waals surface area (Å²) in [5.74, 6) is -0.234. The molecule has 29 heavy (non-hydrogen) atoms. The van der Waals surface area contributed by atoms with Gasteiger partial charge >= 0.3 is 0 Å². The molecule has 0 unspecified atom stereocenters. The van der Waals surface area contributed by atoms with Gasteiger partial charge in [0.25, 0.3) is 5.91 Å². The van der Waals surface area contributed by atoms with Crippen LogP contribution >= 0.6 is 0 Å². The average molecular weight is 389 g/mol. The summed E-state index contributed by atoms with van der Waals surface area (Å²) in [4.78, 5) is 23.5. The van der Waals surface area contributed by atoms with Crippen molar-refractivity contribution in [3.63, 3.8) is 0 Å². The van der Waals surface area contributed by atoms with Crippen LogP contribution in [0, 0.1) is 0 Å². The number of rotatable bonds is 6. The van der Waals surface area contributed by atoms with Gasteiger partial charge < -0.3 is 20.3 Å². The Morgan fingerprint density at radius 2 is 1.83 bits per heavy atom. The molecule has 1 aliphatic rings. The minimum Gasteiger partial charge on any atom is -0.378 e. The zero-order valence-electron chi connectivity index (χ0n) is 16.0. The molecule has 0 atom stereocenters. The highest BCUT2D eigenvalue weighted by Crippen LogP contribution is 2.26. The van der Waals surface area contributed by atoms with E-state index in [2.05, 4.69) is 25.5 Å². The van der Waals surface area contributed by atoms with Gasteiger partial charge in [-0.1, -0.05) is 18.2 Å². The number of benzene rings is 1. The number of anilines is 3. The van der Waals surface area contributed by atoms with E-state index in [-0.39, 0.29) is 5.91 Å². The fourth-order valence-electron chi connectivity index (χ4n) is 3.17. The van der Waals surface area contributed by atoms with Crippen LogP contribution in [-0.2, 0) is 11.3 Å². The second kappa shape index (κ2) is 9.16. The van der Waals surface area contributed by atoms with Gasteiger partial charge in [0.05, 0.1) is 48.7 Å². The van der Waals surface area contributed by atoms with Crippen LogP contribution in [0.25, 0.3) is 0 Å². The lowest BCUT2D eigenvalue weighted by molar-refractivity contribution is 0.102. The van der Waals surface area contributed by atoms with E-state index in [0.29, 0.717) is 25.5 Å². The number of nitrogens with one attached hydrogen (secondary N) is 2. The van der Waals surface area contributed by atoms with E-state index < -0.39 is 0 Å². The van der Waals surface area contributed by atoms with Crippen molar-refractivity contribution in [3.05, 3.63) is 78.4 Å². The standard InChI is InChI=1S/C22H23N5O2/c28-22(26-19-6-1-2-7-21(19)27-11-13-29-14-12-27)20-9-8-18(16-25-20)24-15-17-5-3-4-10-23-17/h1-10,16,24H,11-15H2,(H,26,28). The van der Waals surface area contributed by atoms with Crippen LogP contribution in [0.2, 0.25) is 0 Å². The van der Waals surface area contributed by atoms with Crippen molar-refractivity contribution >= 4 is 23.0 Å². The molecule has 1 aliphatic heterocycles. The number of carbonyl (C=O) groups is 1. The molecular formula is C22H23N5O2. The molecule has 1 fully saturated rings. The summed E-state index contributed by atoms with van der Waals surface area (Å²) in [7, 11) is 0. The van der Waals surface area contributed by atoms with Gasteiger partial charge in [-0.2, -0.15) is 0 Å². The number of morpholine rings is 1. The van der Waals surface area contributed by atoms with Gasteiger partial charge in [0.1, 0.15) is 5.69 Å². The van der Waals surface area contributed by atoms with Gasteiger partial charge in [-0.15, -0.1) is 0 Å². The van der Waals surface area contributed by atoms with Crippen molar-refractivity contribution in [1.82, 2.24) is 9.97 Å². The lowest BCUT2D eigenvalue weighted by Gasteiger charge is -2.30. The lowest BCUT2D eigenvalue weighted by Crippen LogP contribution is -2.36. The fourth-order valence-corrected chi connectivity index (χ4v) is 3.17. The first kappa shape index (κ1) is 18.9. The molecule has 148 valence electrons. The van der Waals surface area contributed by atoms with Gasteiger partial charge in [0.2, 0.25) is 0 Å². The maximum atomic E-state index is 12.7. The molecule has 7 heteroatoms. The van der Waals surface area contributed by atoms with E-state index in [1.807, 2.05) is 48.5 Å². The summed E-state index contributed by atoms with van der Waals surface area (Å²) in [6.45, 7) is 3.60. The number of amides is 1. The van der Waals surface area contributed by atoms with Crippen molar-refractivity contribution in [2.45, 2.75) is 6.54 Å². The van der Waals surface area contributed by atoms with Crippen LogP contribution in [0.1, 0.15) is 16.2 Å². The predicted octanol–water partition coefficient (Wildman–Crippen LogP) is 3.18. The summed E-state index contributed by atoms with van der Waals surface area (Å²) >= 11 is 0. The second-order valence-corrected chi connectivity index (χ2v) is 6.68. The largest absolute Gasteiger partial charge is 0.378 e. The summed E-state index contributed by atoms with van der Waals surface area (Å²) in [5.41, 5.74) is 3.91. The number of ether oxygens (including phenoxy) is 1. The number of hydrogen-bond acceptors (Lipinski definition) is 6. The number of para-hydroxylation sites is 2. The van der Waals surface area contributed by atoms with E-state index in [0.717, 1.165) is 35.8 Å². The summed E-state index contributed by atoms with van der Waals surface area (Å²) in [5, 5.41) is 6.24. The van der Waals surface area contributed by atoms with E-state index in [4.69, 9.17) is 4.74 Å². The van der Waals surface area contributed by atoms with Crippen molar-refractivity contribution in [1.29, 1.82) is 0 Å². The van der Waals surface area contributed by atoms with E-state index in [1.54, 1.807) is 18.5 Å². The third-order valence-electron chi connectivity index (χ3n) is 4.70. The van der Waals surface area contributed by atoms with Crippen LogP contribution in [0.5, 0.6) is 0 Å². The van der Waals surface area contributed by atoms with Crippen molar-refractivity contribution < 1.29 is 9.53 Å². The van der Waals surface area contributed by atoms with E-state index in [1.165, 1.54) is 0 Å². The van der Waals surface area contributed by atoms with Crippen molar-refractivity contribution in [2.75, 3.05) is 41.8 Å². The number of hydrogen-bond donors (Lipinski definition) is 2. The minimum absolute atomic E-state index is 0.234. The molecule has 3 aromatic rings. The molecule has 7 nitrogen and oxygen atoms in total. The Morgan fingerprint density at radius 1 is 1.00 bits per heavy atom.